The van der Waals surface area contributed by atoms with Gasteiger partial charge in [0, 0.05) is 22.6 Å². The zero-order chi connectivity index (χ0) is 16.9. The fourth-order valence-corrected chi connectivity index (χ4v) is 2.28. The summed E-state index contributed by atoms with van der Waals surface area (Å²) in [5.41, 5.74) is 15.8. The number of amides is 1. The Kier molecular flexibility index (Phi) is 4.34. The van der Waals surface area contributed by atoms with Crippen molar-refractivity contribution < 1.29 is 4.79 Å². The summed E-state index contributed by atoms with van der Waals surface area (Å²) in [6.07, 6.45) is 0. The van der Waals surface area contributed by atoms with Crippen molar-refractivity contribution in [3.63, 3.8) is 0 Å². The van der Waals surface area contributed by atoms with E-state index in [0.29, 0.717) is 16.9 Å². The summed E-state index contributed by atoms with van der Waals surface area (Å²) < 4.78 is 0. The molecule has 5 nitrogen and oxygen atoms in total. The van der Waals surface area contributed by atoms with Gasteiger partial charge in [0.15, 0.2) is 0 Å². The monoisotopic (exact) mass is 318 g/mol. The van der Waals surface area contributed by atoms with Crippen LogP contribution in [0.15, 0.2) is 72.8 Å². The lowest BCUT2D eigenvalue weighted by Gasteiger charge is -2.11. The number of carbonyl (C=O) groups excluding carboxylic acids is 1. The van der Waals surface area contributed by atoms with Crippen LogP contribution in [0.5, 0.6) is 0 Å². The number of hydrogen-bond donors (Lipinski definition) is 4. The SMILES string of the molecule is Nc1ccc(Nc2ccc(NC(=O)c3ccccc3)cc2)c(N)c1. The molecule has 0 aromatic heterocycles. The van der Waals surface area contributed by atoms with Gasteiger partial charge in [-0.2, -0.15) is 0 Å². The Hall–Kier alpha value is -3.47. The summed E-state index contributed by atoms with van der Waals surface area (Å²) in [5.74, 6) is -0.140. The third kappa shape index (κ3) is 3.64. The van der Waals surface area contributed by atoms with Gasteiger partial charge in [-0.3, -0.25) is 4.79 Å². The van der Waals surface area contributed by atoms with E-state index in [-0.39, 0.29) is 5.91 Å². The largest absolute Gasteiger partial charge is 0.399 e. The fraction of sp³-hybridized carbons (Fsp3) is 0. The molecule has 1 amide bonds. The number of nitrogen functional groups attached to an aromatic ring is 2. The van der Waals surface area contributed by atoms with Crippen molar-refractivity contribution in [1.82, 2.24) is 0 Å². The highest BCUT2D eigenvalue weighted by Crippen LogP contribution is 2.25. The Balaban J connectivity index is 1.68. The van der Waals surface area contributed by atoms with Crippen LogP contribution in [0.2, 0.25) is 0 Å². The Labute approximate surface area is 140 Å². The maximum absolute atomic E-state index is 12.1. The minimum absolute atomic E-state index is 0.140. The molecule has 0 unspecified atom stereocenters. The topological polar surface area (TPSA) is 93.2 Å². The zero-order valence-electron chi connectivity index (χ0n) is 13.0. The number of carbonyl (C=O) groups is 1. The summed E-state index contributed by atoms with van der Waals surface area (Å²) in [7, 11) is 0. The van der Waals surface area contributed by atoms with E-state index in [1.807, 2.05) is 48.5 Å². The number of rotatable bonds is 4. The lowest BCUT2D eigenvalue weighted by atomic mass is 10.2. The van der Waals surface area contributed by atoms with Crippen LogP contribution in [0.25, 0.3) is 0 Å². The molecule has 0 bridgehead atoms. The predicted octanol–water partition coefficient (Wildman–Crippen LogP) is 3.85. The molecule has 0 atom stereocenters. The highest BCUT2D eigenvalue weighted by Gasteiger charge is 2.05. The van der Waals surface area contributed by atoms with Crippen LogP contribution in [-0.4, -0.2) is 5.91 Å². The Morgan fingerprint density at radius 3 is 2.12 bits per heavy atom. The van der Waals surface area contributed by atoms with Crippen molar-refractivity contribution in [2.24, 2.45) is 0 Å². The minimum atomic E-state index is -0.140. The molecule has 0 heterocycles. The standard InChI is InChI=1S/C19H18N4O/c20-14-6-11-18(17(21)12-14)22-15-7-9-16(10-8-15)23-19(24)13-4-2-1-3-5-13/h1-12,22H,20-21H2,(H,23,24). The lowest BCUT2D eigenvalue weighted by molar-refractivity contribution is 0.102. The molecule has 24 heavy (non-hydrogen) atoms. The first-order chi connectivity index (χ1) is 11.6. The Bertz CT molecular complexity index is 845. The average Bonchev–Trinajstić information content (AvgIpc) is 2.60. The van der Waals surface area contributed by atoms with Crippen molar-refractivity contribution in [2.75, 3.05) is 22.1 Å². The van der Waals surface area contributed by atoms with E-state index < -0.39 is 0 Å². The van der Waals surface area contributed by atoms with Gasteiger partial charge in [0.25, 0.3) is 5.91 Å². The molecular formula is C19H18N4O. The molecule has 0 aliphatic rings. The smallest absolute Gasteiger partial charge is 0.255 e. The van der Waals surface area contributed by atoms with E-state index >= 15 is 0 Å². The molecule has 0 aliphatic carbocycles. The molecule has 3 rings (SSSR count). The number of anilines is 5. The highest BCUT2D eigenvalue weighted by molar-refractivity contribution is 6.04. The molecule has 5 heteroatoms. The van der Waals surface area contributed by atoms with Crippen LogP contribution in [0.4, 0.5) is 28.4 Å². The molecular weight excluding hydrogens is 300 g/mol. The van der Waals surface area contributed by atoms with Crippen molar-refractivity contribution in [3.05, 3.63) is 78.4 Å². The van der Waals surface area contributed by atoms with E-state index in [4.69, 9.17) is 11.5 Å². The van der Waals surface area contributed by atoms with Crippen LogP contribution in [0.3, 0.4) is 0 Å². The van der Waals surface area contributed by atoms with E-state index in [2.05, 4.69) is 10.6 Å². The quantitative estimate of drug-likeness (QED) is 0.550. The van der Waals surface area contributed by atoms with Gasteiger partial charge in [-0.1, -0.05) is 18.2 Å². The van der Waals surface area contributed by atoms with Crippen LogP contribution >= 0.6 is 0 Å². The summed E-state index contributed by atoms with van der Waals surface area (Å²) in [5, 5.41) is 6.08. The maximum atomic E-state index is 12.1. The molecule has 3 aromatic rings. The molecule has 0 saturated carbocycles. The summed E-state index contributed by atoms with van der Waals surface area (Å²) in [4.78, 5) is 12.1. The molecule has 120 valence electrons. The maximum Gasteiger partial charge on any atom is 0.255 e. The number of benzene rings is 3. The second-order valence-corrected chi connectivity index (χ2v) is 5.37. The third-order valence-corrected chi connectivity index (χ3v) is 3.53. The Morgan fingerprint density at radius 1 is 0.792 bits per heavy atom. The van der Waals surface area contributed by atoms with Crippen LogP contribution in [0.1, 0.15) is 10.4 Å². The first-order valence-electron chi connectivity index (χ1n) is 7.50. The summed E-state index contributed by atoms with van der Waals surface area (Å²) >= 11 is 0. The van der Waals surface area contributed by atoms with E-state index in [1.165, 1.54) is 0 Å². The molecule has 0 aliphatic heterocycles. The van der Waals surface area contributed by atoms with E-state index in [9.17, 15) is 4.79 Å². The fourth-order valence-electron chi connectivity index (χ4n) is 2.28. The van der Waals surface area contributed by atoms with Gasteiger partial charge >= 0.3 is 0 Å². The molecule has 0 fully saturated rings. The second kappa shape index (κ2) is 6.75. The average molecular weight is 318 g/mol. The third-order valence-electron chi connectivity index (χ3n) is 3.53. The van der Waals surface area contributed by atoms with Gasteiger partial charge in [-0.15, -0.1) is 0 Å². The Morgan fingerprint density at radius 2 is 1.46 bits per heavy atom. The minimum Gasteiger partial charge on any atom is -0.399 e. The van der Waals surface area contributed by atoms with E-state index in [1.54, 1.807) is 24.3 Å². The van der Waals surface area contributed by atoms with Gasteiger partial charge in [-0.05, 0) is 54.6 Å². The van der Waals surface area contributed by atoms with Crippen LogP contribution in [-0.2, 0) is 0 Å². The van der Waals surface area contributed by atoms with Crippen molar-refractivity contribution >= 4 is 34.3 Å². The van der Waals surface area contributed by atoms with Crippen LogP contribution < -0.4 is 22.1 Å². The van der Waals surface area contributed by atoms with Crippen molar-refractivity contribution in [1.29, 1.82) is 0 Å². The first kappa shape index (κ1) is 15.4. The second-order valence-electron chi connectivity index (χ2n) is 5.37. The van der Waals surface area contributed by atoms with Gasteiger partial charge in [-0.25, -0.2) is 0 Å². The van der Waals surface area contributed by atoms with E-state index in [0.717, 1.165) is 17.1 Å². The van der Waals surface area contributed by atoms with Crippen molar-refractivity contribution in [3.8, 4) is 0 Å². The van der Waals surface area contributed by atoms with Crippen LogP contribution in [0, 0.1) is 0 Å². The number of hydrogen-bond acceptors (Lipinski definition) is 4. The molecule has 0 spiro atoms. The van der Waals surface area contributed by atoms with Gasteiger partial charge in [0.1, 0.15) is 0 Å². The molecule has 6 N–H and O–H groups in total. The number of nitrogens with one attached hydrogen (secondary N) is 2. The lowest BCUT2D eigenvalue weighted by Crippen LogP contribution is -2.11. The first-order valence-corrected chi connectivity index (χ1v) is 7.50. The summed E-state index contributed by atoms with van der Waals surface area (Å²) in [6, 6.07) is 21.8. The van der Waals surface area contributed by atoms with Gasteiger partial charge in [0.05, 0.1) is 11.4 Å². The van der Waals surface area contributed by atoms with Gasteiger partial charge in [0.2, 0.25) is 0 Å². The predicted molar refractivity (Wildman–Crippen MR) is 99.4 cm³/mol. The molecule has 0 radical (unpaired) electrons. The molecule has 3 aromatic carbocycles. The number of nitrogens with two attached hydrogens (primary N) is 2. The zero-order valence-corrected chi connectivity index (χ0v) is 13.0. The van der Waals surface area contributed by atoms with Gasteiger partial charge < -0.3 is 22.1 Å². The normalized spacial score (nSPS) is 10.2. The highest BCUT2D eigenvalue weighted by atomic mass is 16.1. The molecule has 0 saturated heterocycles. The summed E-state index contributed by atoms with van der Waals surface area (Å²) in [6.45, 7) is 0. The van der Waals surface area contributed by atoms with Crippen molar-refractivity contribution in [2.45, 2.75) is 0 Å².